The molecule has 1 amide bonds. The normalized spacial score (nSPS) is 28.2. The quantitative estimate of drug-likeness (QED) is 0.897. The van der Waals surface area contributed by atoms with E-state index >= 15 is 0 Å². The third-order valence-corrected chi connectivity index (χ3v) is 5.22. The van der Waals surface area contributed by atoms with Gasteiger partial charge in [-0.1, -0.05) is 25.8 Å². The summed E-state index contributed by atoms with van der Waals surface area (Å²) in [5.74, 6) is 0.687. The Bertz CT molecular complexity index is 540. The molecule has 0 aliphatic heterocycles. The first-order valence-corrected chi connectivity index (χ1v) is 8.26. The predicted molar refractivity (Wildman–Crippen MR) is 85.4 cm³/mol. The Morgan fingerprint density at radius 2 is 2.14 bits per heavy atom. The molecule has 3 rings (SSSR count). The van der Waals surface area contributed by atoms with Crippen molar-refractivity contribution >= 4 is 5.91 Å². The standard InChI is InChI=1S/C18H26N2O/c1-13-4-3-9-18(11-13,12-19)20-17(21)16-8-7-14-5-2-6-15(14)10-16/h7-8,10,13H,2-6,9,11-12,19H2,1H3,(H,20,21). The van der Waals surface area contributed by atoms with Gasteiger partial charge < -0.3 is 11.1 Å². The molecule has 0 spiro atoms. The molecule has 0 bridgehead atoms. The maximum Gasteiger partial charge on any atom is 0.251 e. The zero-order valence-electron chi connectivity index (χ0n) is 13.0. The van der Waals surface area contributed by atoms with Gasteiger partial charge >= 0.3 is 0 Å². The van der Waals surface area contributed by atoms with E-state index in [1.54, 1.807) is 0 Å². The van der Waals surface area contributed by atoms with E-state index in [9.17, 15) is 4.79 Å². The third kappa shape index (κ3) is 2.98. The van der Waals surface area contributed by atoms with E-state index in [0.717, 1.165) is 37.7 Å². The molecule has 1 saturated carbocycles. The molecule has 2 unspecified atom stereocenters. The minimum Gasteiger partial charge on any atom is -0.345 e. The SMILES string of the molecule is CC1CCCC(CN)(NC(=O)c2ccc3c(c2)CCC3)C1. The first-order chi connectivity index (χ1) is 10.1. The second kappa shape index (κ2) is 5.80. The lowest BCUT2D eigenvalue weighted by molar-refractivity contribution is 0.0854. The van der Waals surface area contributed by atoms with E-state index < -0.39 is 0 Å². The van der Waals surface area contributed by atoms with Crippen LogP contribution in [0, 0.1) is 5.92 Å². The van der Waals surface area contributed by atoms with Crippen LogP contribution in [0.3, 0.4) is 0 Å². The summed E-state index contributed by atoms with van der Waals surface area (Å²) in [5, 5.41) is 3.26. The lowest BCUT2D eigenvalue weighted by Crippen LogP contribution is -2.56. The predicted octanol–water partition coefficient (Wildman–Crippen LogP) is 2.81. The Hall–Kier alpha value is -1.35. The summed E-state index contributed by atoms with van der Waals surface area (Å²) in [6.07, 6.45) is 7.88. The van der Waals surface area contributed by atoms with Crippen LogP contribution in [0.4, 0.5) is 0 Å². The first-order valence-electron chi connectivity index (χ1n) is 8.26. The maximum atomic E-state index is 12.6. The highest BCUT2D eigenvalue weighted by atomic mass is 16.1. The van der Waals surface area contributed by atoms with Crippen molar-refractivity contribution < 1.29 is 4.79 Å². The van der Waals surface area contributed by atoms with Crippen LogP contribution in [0.15, 0.2) is 18.2 Å². The van der Waals surface area contributed by atoms with Gasteiger partial charge in [0.25, 0.3) is 5.91 Å². The van der Waals surface area contributed by atoms with Crippen LogP contribution in [-0.2, 0) is 12.8 Å². The second-order valence-electron chi connectivity index (χ2n) is 6.98. The van der Waals surface area contributed by atoms with Crippen LogP contribution in [0.1, 0.15) is 60.5 Å². The molecule has 21 heavy (non-hydrogen) atoms. The third-order valence-electron chi connectivity index (χ3n) is 5.22. The number of hydrogen-bond donors (Lipinski definition) is 2. The van der Waals surface area contributed by atoms with Gasteiger partial charge in [-0.05, 0) is 61.3 Å². The molecule has 1 aromatic carbocycles. The second-order valence-corrected chi connectivity index (χ2v) is 6.98. The molecule has 0 radical (unpaired) electrons. The lowest BCUT2D eigenvalue weighted by Gasteiger charge is -2.40. The van der Waals surface area contributed by atoms with Gasteiger partial charge in [0.2, 0.25) is 0 Å². The van der Waals surface area contributed by atoms with Gasteiger partial charge in [-0.3, -0.25) is 4.79 Å². The van der Waals surface area contributed by atoms with Crippen molar-refractivity contribution in [2.45, 2.75) is 57.4 Å². The van der Waals surface area contributed by atoms with Crippen molar-refractivity contribution in [1.82, 2.24) is 5.32 Å². The van der Waals surface area contributed by atoms with Crippen LogP contribution >= 0.6 is 0 Å². The zero-order chi connectivity index (χ0) is 14.9. The van der Waals surface area contributed by atoms with E-state index in [2.05, 4.69) is 24.4 Å². The minimum absolute atomic E-state index is 0.0456. The Balaban J connectivity index is 1.75. The molecule has 3 nitrogen and oxygen atoms in total. The summed E-state index contributed by atoms with van der Waals surface area (Å²) >= 11 is 0. The van der Waals surface area contributed by atoms with E-state index in [4.69, 9.17) is 5.73 Å². The number of nitrogens with two attached hydrogens (primary N) is 1. The molecule has 2 aliphatic rings. The van der Waals surface area contributed by atoms with Gasteiger partial charge in [-0.25, -0.2) is 0 Å². The fraction of sp³-hybridized carbons (Fsp3) is 0.611. The molecular weight excluding hydrogens is 260 g/mol. The number of amides is 1. The minimum atomic E-state index is -0.201. The Morgan fingerprint density at radius 3 is 2.90 bits per heavy atom. The molecular formula is C18H26N2O. The average molecular weight is 286 g/mol. The molecule has 0 heterocycles. The molecule has 3 heteroatoms. The topological polar surface area (TPSA) is 55.1 Å². The first kappa shape index (κ1) is 14.6. The van der Waals surface area contributed by atoms with Gasteiger partial charge in [-0.15, -0.1) is 0 Å². The van der Waals surface area contributed by atoms with Crippen LogP contribution in [0.25, 0.3) is 0 Å². The Labute approximate surface area is 127 Å². The van der Waals surface area contributed by atoms with Gasteiger partial charge in [0.15, 0.2) is 0 Å². The number of carbonyl (C=O) groups is 1. The summed E-state index contributed by atoms with van der Waals surface area (Å²) in [6.45, 7) is 2.79. The molecule has 2 atom stereocenters. The van der Waals surface area contributed by atoms with Crippen LogP contribution in [0.5, 0.6) is 0 Å². The van der Waals surface area contributed by atoms with Gasteiger partial charge in [-0.2, -0.15) is 0 Å². The van der Waals surface area contributed by atoms with Crippen LogP contribution < -0.4 is 11.1 Å². The summed E-state index contributed by atoms with van der Waals surface area (Å²) in [7, 11) is 0. The fourth-order valence-electron chi connectivity index (χ4n) is 4.04. The zero-order valence-corrected chi connectivity index (χ0v) is 13.0. The maximum absolute atomic E-state index is 12.6. The van der Waals surface area contributed by atoms with E-state index in [1.807, 2.05) is 6.07 Å². The number of carbonyl (C=O) groups excluding carboxylic acids is 1. The van der Waals surface area contributed by atoms with Crippen LogP contribution in [-0.4, -0.2) is 18.0 Å². The number of benzene rings is 1. The highest BCUT2D eigenvalue weighted by molar-refractivity contribution is 5.95. The summed E-state index contributed by atoms with van der Waals surface area (Å²) in [4.78, 5) is 12.6. The largest absolute Gasteiger partial charge is 0.345 e. The number of rotatable bonds is 3. The molecule has 114 valence electrons. The van der Waals surface area contributed by atoms with Crippen LogP contribution in [0.2, 0.25) is 0 Å². The highest BCUT2D eigenvalue weighted by Gasteiger charge is 2.35. The van der Waals surface area contributed by atoms with Crippen molar-refractivity contribution in [2.24, 2.45) is 11.7 Å². The molecule has 2 aliphatic carbocycles. The monoisotopic (exact) mass is 286 g/mol. The van der Waals surface area contributed by atoms with E-state index in [1.165, 1.54) is 24.0 Å². The van der Waals surface area contributed by atoms with Crippen molar-refractivity contribution in [1.29, 1.82) is 0 Å². The Morgan fingerprint density at radius 1 is 1.33 bits per heavy atom. The smallest absolute Gasteiger partial charge is 0.251 e. The van der Waals surface area contributed by atoms with Crippen molar-refractivity contribution in [3.8, 4) is 0 Å². The average Bonchev–Trinajstić information content (AvgIpc) is 2.94. The van der Waals surface area contributed by atoms with E-state index in [-0.39, 0.29) is 11.4 Å². The van der Waals surface area contributed by atoms with Crippen molar-refractivity contribution in [3.05, 3.63) is 34.9 Å². The van der Waals surface area contributed by atoms with Crippen molar-refractivity contribution in [2.75, 3.05) is 6.54 Å². The molecule has 1 aromatic rings. The van der Waals surface area contributed by atoms with Gasteiger partial charge in [0.1, 0.15) is 0 Å². The fourth-order valence-corrected chi connectivity index (χ4v) is 4.04. The Kier molecular flexibility index (Phi) is 4.03. The number of aryl methyl sites for hydroxylation is 2. The summed E-state index contributed by atoms with van der Waals surface area (Å²) < 4.78 is 0. The number of nitrogens with one attached hydrogen (secondary N) is 1. The number of fused-ring (bicyclic) bond motifs is 1. The summed E-state index contributed by atoms with van der Waals surface area (Å²) in [6, 6.07) is 6.17. The van der Waals surface area contributed by atoms with E-state index in [0.29, 0.717) is 12.5 Å². The molecule has 3 N–H and O–H groups in total. The molecule has 0 aromatic heterocycles. The summed E-state index contributed by atoms with van der Waals surface area (Å²) in [5.41, 5.74) is 9.35. The number of hydrogen-bond acceptors (Lipinski definition) is 2. The van der Waals surface area contributed by atoms with Gasteiger partial charge in [0, 0.05) is 12.1 Å². The molecule has 1 fully saturated rings. The lowest BCUT2D eigenvalue weighted by atomic mass is 9.76. The van der Waals surface area contributed by atoms with Crippen molar-refractivity contribution in [3.63, 3.8) is 0 Å². The van der Waals surface area contributed by atoms with Gasteiger partial charge in [0.05, 0.1) is 5.54 Å². The molecule has 0 saturated heterocycles. The highest BCUT2D eigenvalue weighted by Crippen LogP contribution is 2.32.